The van der Waals surface area contributed by atoms with Crippen molar-refractivity contribution in [1.29, 1.82) is 0 Å². The van der Waals surface area contributed by atoms with Crippen molar-refractivity contribution in [2.75, 3.05) is 26.3 Å². The van der Waals surface area contributed by atoms with Crippen molar-refractivity contribution in [2.45, 2.75) is 39.3 Å². The minimum Gasteiger partial charge on any atom is -0.379 e. The zero-order valence-corrected chi connectivity index (χ0v) is 13.0. The average Bonchev–Trinajstić information content (AvgIpc) is 2.43. The molecular formula is C17H28N2O. The first-order chi connectivity index (χ1) is 9.61. The summed E-state index contributed by atoms with van der Waals surface area (Å²) in [5.74, 6) is 0.699. The standard InChI is InChI=1S/C17H28N2O/c1-13(2)10-15-4-6-16(7-5-15)17(11-18)19-8-9-20-12-14(19)3/h4-7,13-14,17H,8-12,18H2,1-3H3. The van der Waals surface area contributed by atoms with Gasteiger partial charge >= 0.3 is 0 Å². The van der Waals surface area contributed by atoms with Crippen LogP contribution in [0, 0.1) is 5.92 Å². The molecule has 1 aliphatic rings. The summed E-state index contributed by atoms with van der Waals surface area (Å²) in [5.41, 5.74) is 8.77. The molecule has 3 nitrogen and oxygen atoms in total. The Kier molecular flexibility index (Phi) is 5.58. The first-order valence-electron chi connectivity index (χ1n) is 7.74. The van der Waals surface area contributed by atoms with Gasteiger partial charge in [-0.2, -0.15) is 0 Å². The van der Waals surface area contributed by atoms with E-state index in [0.717, 1.165) is 26.2 Å². The lowest BCUT2D eigenvalue weighted by molar-refractivity contribution is -0.0209. The van der Waals surface area contributed by atoms with Crippen LogP contribution in [0.3, 0.4) is 0 Å². The van der Waals surface area contributed by atoms with Crippen LogP contribution in [0.2, 0.25) is 0 Å². The van der Waals surface area contributed by atoms with E-state index in [4.69, 9.17) is 10.5 Å². The van der Waals surface area contributed by atoms with Gasteiger partial charge < -0.3 is 10.5 Å². The van der Waals surface area contributed by atoms with E-state index >= 15 is 0 Å². The quantitative estimate of drug-likeness (QED) is 0.898. The molecule has 1 aromatic carbocycles. The van der Waals surface area contributed by atoms with E-state index in [0.29, 0.717) is 24.5 Å². The molecule has 1 heterocycles. The first kappa shape index (κ1) is 15.5. The summed E-state index contributed by atoms with van der Waals surface area (Å²) >= 11 is 0. The van der Waals surface area contributed by atoms with Gasteiger partial charge in [0.25, 0.3) is 0 Å². The molecule has 1 aromatic rings. The second-order valence-corrected chi connectivity index (χ2v) is 6.25. The van der Waals surface area contributed by atoms with Gasteiger partial charge in [0.1, 0.15) is 0 Å². The first-order valence-corrected chi connectivity index (χ1v) is 7.74. The van der Waals surface area contributed by atoms with E-state index in [1.807, 2.05) is 0 Å². The summed E-state index contributed by atoms with van der Waals surface area (Å²) < 4.78 is 5.52. The van der Waals surface area contributed by atoms with Crippen molar-refractivity contribution >= 4 is 0 Å². The summed E-state index contributed by atoms with van der Waals surface area (Å²) in [6.45, 7) is 9.98. The van der Waals surface area contributed by atoms with Gasteiger partial charge in [-0.25, -0.2) is 0 Å². The molecular weight excluding hydrogens is 248 g/mol. The highest BCUT2D eigenvalue weighted by atomic mass is 16.5. The molecule has 0 aromatic heterocycles. The lowest BCUT2D eigenvalue weighted by Crippen LogP contribution is -2.47. The maximum Gasteiger partial charge on any atom is 0.0620 e. The third-order valence-electron chi connectivity index (χ3n) is 4.05. The maximum atomic E-state index is 6.03. The van der Waals surface area contributed by atoms with Crippen molar-refractivity contribution < 1.29 is 4.74 Å². The number of ether oxygens (including phenoxy) is 1. The molecule has 0 amide bonds. The van der Waals surface area contributed by atoms with Crippen molar-refractivity contribution in [3.63, 3.8) is 0 Å². The lowest BCUT2D eigenvalue weighted by Gasteiger charge is -2.39. The van der Waals surface area contributed by atoms with E-state index < -0.39 is 0 Å². The zero-order valence-electron chi connectivity index (χ0n) is 13.0. The van der Waals surface area contributed by atoms with Crippen LogP contribution in [0.25, 0.3) is 0 Å². The van der Waals surface area contributed by atoms with Crippen molar-refractivity contribution in [1.82, 2.24) is 4.90 Å². The van der Waals surface area contributed by atoms with Gasteiger partial charge in [-0.1, -0.05) is 38.1 Å². The molecule has 0 saturated carbocycles. The molecule has 0 bridgehead atoms. The van der Waals surface area contributed by atoms with Crippen LogP contribution < -0.4 is 5.73 Å². The second kappa shape index (κ2) is 7.21. The summed E-state index contributed by atoms with van der Waals surface area (Å²) in [6.07, 6.45) is 1.14. The van der Waals surface area contributed by atoms with E-state index in [1.165, 1.54) is 11.1 Å². The van der Waals surface area contributed by atoms with Crippen molar-refractivity contribution in [3.05, 3.63) is 35.4 Å². The zero-order chi connectivity index (χ0) is 14.5. The Hall–Kier alpha value is -0.900. The molecule has 0 spiro atoms. The summed E-state index contributed by atoms with van der Waals surface area (Å²) in [7, 11) is 0. The van der Waals surface area contributed by atoms with Gasteiger partial charge in [-0.05, 0) is 30.4 Å². The number of hydrogen-bond acceptors (Lipinski definition) is 3. The van der Waals surface area contributed by atoms with Crippen LogP contribution >= 0.6 is 0 Å². The van der Waals surface area contributed by atoms with E-state index in [-0.39, 0.29) is 0 Å². The number of rotatable bonds is 5. The monoisotopic (exact) mass is 276 g/mol. The highest BCUT2D eigenvalue weighted by molar-refractivity contribution is 5.26. The topological polar surface area (TPSA) is 38.5 Å². The van der Waals surface area contributed by atoms with Crippen LogP contribution in [0.1, 0.15) is 37.9 Å². The SMILES string of the molecule is CC(C)Cc1ccc(C(CN)N2CCOCC2C)cc1. The fourth-order valence-corrected chi connectivity index (χ4v) is 3.01. The molecule has 1 saturated heterocycles. The smallest absolute Gasteiger partial charge is 0.0620 e. The minimum atomic E-state index is 0.307. The molecule has 0 radical (unpaired) electrons. The molecule has 1 aliphatic heterocycles. The predicted molar refractivity (Wildman–Crippen MR) is 83.8 cm³/mol. The predicted octanol–water partition coefficient (Wildman–Crippen LogP) is 2.61. The van der Waals surface area contributed by atoms with Gasteiger partial charge in [-0.3, -0.25) is 4.90 Å². The van der Waals surface area contributed by atoms with Crippen molar-refractivity contribution in [3.8, 4) is 0 Å². The van der Waals surface area contributed by atoms with Gasteiger partial charge in [-0.15, -0.1) is 0 Å². The molecule has 20 heavy (non-hydrogen) atoms. The highest BCUT2D eigenvalue weighted by Crippen LogP contribution is 2.24. The third kappa shape index (κ3) is 3.81. The van der Waals surface area contributed by atoms with Gasteiger partial charge in [0.05, 0.1) is 13.2 Å². The summed E-state index contributed by atoms with van der Waals surface area (Å²) in [5, 5.41) is 0. The van der Waals surface area contributed by atoms with Crippen LogP contribution in [-0.2, 0) is 11.2 Å². The summed E-state index contributed by atoms with van der Waals surface area (Å²) in [6, 6.07) is 9.75. The Labute approximate surface area is 123 Å². The molecule has 2 N–H and O–H groups in total. The van der Waals surface area contributed by atoms with Crippen molar-refractivity contribution in [2.24, 2.45) is 11.7 Å². The van der Waals surface area contributed by atoms with E-state index in [2.05, 4.69) is 49.9 Å². The van der Waals surface area contributed by atoms with Gasteiger partial charge in [0.15, 0.2) is 0 Å². The number of nitrogens with two attached hydrogens (primary N) is 1. The molecule has 2 unspecified atom stereocenters. The Bertz CT molecular complexity index is 402. The van der Waals surface area contributed by atoms with Crippen LogP contribution in [0.15, 0.2) is 24.3 Å². The second-order valence-electron chi connectivity index (χ2n) is 6.25. The van der Waals surface area contributed by atoms with Crippen LogP contribution in [0.5, 0.6) is 0 Å². The van der Waals surface area contributed by atoms with Gasteiger partial charge in [0, 0.05) is 25.2 Å². The normalized spacial score (nSPS) is 22.1. The number of benzene rings is 1. The van der Waals surface area contributed by atoms with Gasteiger partial charge in [0.2, 0.25) is 0 Å². The number of morpholine rings is 1. The third-order valence-corrected chi connectivity index (χ3v) is 4.05. The van der Waals surface area contributed by atoms with E-state index in [9.17, 15) is 0 Å². The molecule has 2 rings (SSSR count). The molecule has 2 atom stereocenters. The number of nitrogens with zero attached hydrogens (tertiary/aromatic N) is 1. The fourth-order valence-electron chi connectivity index (χ4n) is 3.01. The lowest BCUT2D eigenvalue weighted by atomic mass is 9.98. The maximum absolute atomic E-state index is 6.03. The average molecular weight is 276 g/mol. The fraction of sp³-hybridized carbons (Fsp3) is 0.647. The number of hydrogen-bond donors (Lipinski definition) is 1. The largest absolute Gasteiger partial charge is 0.379 e. The molecule has 112 valence electrons. The molecule has 3 heteroatoms. The Balaban J connectivity index is 2.10. The summed E-state index contributed by atoms with van der Waals surface area (Å²) in [4.78, 5) is 2.47. The Morgan fingerprint density at radius 3 is 2.55 bits per heavy atom. The molecule has 0 aliphatic carbocycles. The highest BCUT2D eigenvalue weighted by Gasteiger charge is 2.26. The Morgan fingerprint density at radius 2 is 2.00 bits per heavy atom. The Morgan fingerprint density at radius 1 is 1.30 bits per heavy atom. The van der Waals surface area contributed by atoms with Crippen LogP contribution in [-0.4, -0.2) is 37.2 Å². The minimum absolute atomic E-state index is 0.307. The van der Waals surface area contributed by atoms with Crippen LogP contribution in [0.4, 0.5) is 0 Å². The molecule has 1 fully saturated rings. The van der Waals surface area contributed by atoms with E-state index in [1.54, 1.807) is 0 Å².